The van der Waals surface area contributed by atoms with Crippen molar-refractivity contribution in [2.24, 2.45) is 0 Å². The molecule has 0 aliphatic carbocycles. The molecular weight excluding hydrogens is 302 g/mol. The molecule has 0 saturated heterocycles. The highest BCUT2D eigenvalue weighted by Gasteiger charge is 2.19. The minimum Gasteiger partial charge on any atom is -0.345 e. The molecule has 0 bridgehead atoms. The Bertz CT molecular complexity index is 850. The lowest BCUT2D eigenvalue weighted by Crippen LogP contribution is -2.29. The molecule has 4 rings (SSSR count). The third-order valence-corrected chi connectivity index (χ3v) is 4.88. The van der Waals surface area contributed by atoms with Gasteiger partial charge in [-0.2, -0.15) is 0 Å². The van der Waals surface area contributed by atoms with Crippen molar-refractivity contribution in [3.05, 3.63) is 113 Å². The van der Waals surface area contributed by atoms with Crippen LogP contribution in [0.2, 0.25) is 0 Å². The number of anilines is 1. The molecule has 0 spiro atoms. The minimum absolute atomic E-state index is 0.990. The molecule has 0 aromatic heterocycles. The first-order valence-electron chi connectivity index (χ1n) is 9.02. The molecule has 1 aliphatic rings. The highest BCUT2D eigenvalue weighted by molar-refractivity contribution is 5.62. The summed E-state index contributed by atoms with van der Waals surface area (Å²) in [6, 6.07) is 30.4. The summed E-state index contributed by atoms with van der Waals surface area (Å²) in [6.07, 6.45) is 5.48. The van der Waals surface area contributed by atoms with Crippen molar-refractivity contribution >= 4 is 5.69 Å². The van der Waals surface area contributed by atoms with E-state index in [4.69, 9.17) is 0 Å². The molecule has 3 aromatic rings. The van der Waals surface area contributed by atoms with Gasteiger partial charge in [-0.1, -0.05) is 84.9 Å². The second-order valence-corrected chi connectivity index (χ2v) is 6.58. The molecule has 0 saturated carbocycles. The maximum atomic E-state index is 2.51. The normalized spacial score (nSPS) is 13.3. The van der Waals surface area contributed by atoms with Crippen LogP contribution in [-0.4, -0.2) is 6.54 Å². The van der Waals surface area contributed by atoms with Gasteiger partial charge in [-0.25, -0.2) is 0 Å². The molecule has 124 valence electrons. The van der Waals surface area contributed by atoms with Gasteiger partial charge in [0.15, 0.2) is 0 Å². The van der Waals surface area contributed by atoms with Crippen LogP contribution in [0.5, 0.6) is 0 Å². The Kier molecular flexibility index (Phi) is 4.65. The summed E-state index contributed by atoms with van der Waals surface area (Å²) in [5.41, 5.74) is 6.97. The van der Waals surface area contributed by atoms with Crippen molar-refractivity contribution in [2.45, 2.75) is 19.3 Å². The number of nitrogens with zero attached hydrogens (tertiary/aromatic N) is 1. The predicted octanol–water partition coefficient (Wildman–Crippen LogP) is 5.42. The molecule has 1 nitrogen and oxygen atoms in total. The van der Waals surface area contributed by atoms with Crippen molar-refractivity contribution in [1.82, 2.24) is 0 Å². The van der Waals surface area contributed by atoms with Gasteiger partial charge in [-0.15, -0.1) is 0 Å². The average molecular weight is 325 g/mol. The van der Waals surface area contributed by atoms with Gasteiger partial charge in [0.25, 0.3) is 0 Å². The lowest BCUT2D eigenvalue weighted by atomic mass is 9.98. The van der Waals surface area contributed by atoms with E-state index in [1.807, 2.05) is 0 Å². The first-order chi connectivity index (χ1) is 12.4. The summed E-state index contributed by atoms with van der Waals surface area (Å²) < 4.78 is 0. The van der Waals surface area contributed by atoms with E-state index in [1.165, 1.54) is 28.1 Å². The van der Waals surface area contributed by atoms with Crippen LogP contribution < -0.4 is 4.90 Å². The second kappa shape index (κ2) is 7.40. The third-order valence-electron chi connectivity index (χ3n) is 4.88. The Morgan fingerprint density at radius 3 is 2.08 bits per heavy atom. The lowest BCUT2D eigenvalue weighted by Gasteiger charge is -2.33. The van der Waals surface area contributed by atoms with Crippen LogP contribution >= 0.6 is 0 Å². The van der Waals surface area contributed by atoms with Gasteiger partial charge in [-0.05, 0) is 35.6 Å². The van der Waals surface area contributed by atoms with Crippen molar-refractivity contribution < 1.29 is 0 Å². The van der Waals surface area contributed by atoms with E-state index in [0.717, 1.165) is 25.8 Å². The molecule has 3 aromatic carbocycles. The molecule has 25 heavy (non-hydrogen) atoms. The standard InChI is InChI=1S/C24H23N/c1-3-9-20(10-4-1)17-18-25-23(19-21-11-5-2-6-12-21)16-15-22-13-7-8-14-24(22)25/h1-14,16H,15,17-19H2. The fraction of sp³-hybridized carbons (Fsp3) is 0.167. The first kappa shape index (κ1) is 15.7. The van der Waals surface area contributed by atoms with Crippen molar-refractivity contribution in [3.63, 3.8) is 0 Å². The van der Waals surface area contributed by atoms with Gasteiger partial charge in [0.05, 0.1) is 0 Å². The Morgan fingerprint density at radius 2 is 1.32 bits per heavy atom. The van der Waals surface area contributed by atoms with E-state index < -0.39 is 0 Å². The third kappa shape index (κ3) is 3.66. The first-order valence-corrected chi connectivity index (χ1v) is 9.02. The van der Waals surface area contributed by atoms with Crippen LogP contribution in [0.3, 0.4) is 0 Å². The van der Waals surface area contributed by atoms with E-state index >= 15 is 0 Å². The van der Waals surface area contributed by atoms with E-state index in [2.05, 4.69) is 95.9 Å². The smallest absolute Gasteiger partial charge is 0.0444 e. The molecule has 1 heterocycles. The van der Waals surface area contributed by atoms with Crippen molar-refractivity contribution in [1.29, 1.82) is 0 Å². The lowest BCUT2D eigenvalue weighted by molar-refractivity contribution is 0.822. The van der Waals surface area contributed by atoms with Gasteiger partial charge in [-0.3, -0.25) is 0 Å². The Balaban J connectivity index is 1.59. The summed E-state index contributed by atoms with van der Waals surface area (Å²) >= 11 is 0. The molecule has 0 atom stereocenters. The van der Waals surface area contributed by atoms with Gasteiger partial charge in [0.2, 0.25) is 0 Å². The zero-order valence-electron chi connectivity index (χ0n) is 14.4. The predicted molar refractivity (Wildman–Crippen MR) is 106 cm³/mol. The van der Waals surface area contributed by atoms with Crippen LogP contribution in [-0.2, 0) is 19.3 Å². The van der Waals surface area contributed by atoms with Gasteiger partial charge in [0, 0.05) is 24.4 Å². The fourth-order valence-corrected chi connectivity index (χ4v) is 3.56. The number of fused-ring (bicyclic) bond motifs is 1. The Morgan fingerprint density at radius 1 is 0.680 bits per heavy atom. The van der Waals surface area contributed by atoms with E-state index in [-0.39, 0.29) is 0 Å². The molecule has 1 heteroatoms. The number of rotatable bonds is 5. The number of para-hydroxylation sites is 1. The maximum Gasteiger partial charge on any atom is 0.0444 e. The SMILES string of the molecule is C1=C(Cc2ccccc2)N(CCc2ccccc2)c2ccccc2C1. The van der Waals surface area contributed by atoms with Crippen LogP contribution in [0.25, 0.3) is 0 Å². The highest BCUT2D eigenvalue weighted by atomic mass is 15.1. The summed E-state index contributed by atoms with van der Waals surface area (Å²) in [6.45, 7) is 1.01. The zero-order chi connectivity index (χ0) is 16.9. The molecule has 0 amide bonds. The number of hydrogen-bond donors (Lipinski definition) is 0. The number of allylic oxidation sites excluding steroid dienone is 2. The van der Waals surface area contributed by atoms with Crippen LogP contribution in [0.4, 0.5) is 5.69 Å². The largest absolute Gasteiger partial charge is 0.345 e. The van der Waals surface area contributed by atoms with Crippen molar-refractivity contribution in [3.8, 4) is 0 Å². The van der Waals surface area contributed by atoms with E-state index in [9.17, 15) is 0 Å². The van der Waals surface area contributed by atoms with Gasteiger partial charge >= 0.3 is 0 Å². The van der Waals surface area contributed by atoms with Gasteiger partial charge < -0.3 is 4.90 Å². The quantitative estimate of drug-likeness (QED) is 0.605. The summed E-state index contributed by atoms with van der Waals surface area (Å²) in [7, 11) is 0. The molecule has 0 fully saturated rings. The highest BCUT2D eigenvalue weighted by Crippen LogP contribution is 2.31. The van der Waals surface area contributed by atoms with E-state index in [0.29, 0.717) is 0 Å². The number of hydrogen-bond acceptors (Lipinski definition) is 1. The average Bonchev–Trinajstić information content (AvgIpc) is 2.68. The van der Waals surface area contributed by atoms with Crippen LogP contribution in [0.15, 0.2) is 96.7 Å². The topological polar surface area (TPSA) is 3.24 Å². The minimum atomic E-state index is 0.990. The zero-order valence-corrected chi connectivity index (χ0v) is 14.4. The molecular formula is C24H23N. The second-order valence-electron chi connectivity index (χ2n) is 6.58. The summed E-state index contributed by atoms with van der Waals surface area (Å²) in [5.74, 6) is 0. The summed E-state index contributed by atoms with van der Waals surface area (Å²) in [4.78, 5) is 2.51. The molecule has 1 aliphatic heterocycles. The Labute approximate surface area is 150 Å². The Hall–Kier alpha value is -2.80. The van der Waals surface area contributed by atoms with Crippen molar-refractivity contribution in [2.75, 3.05) is 11.4 Å². The maximum absolute atomic E-state index is 2.51. The number of benzene rings is 3. The monoisotopic (exact) mass is 325 g/mol. The molecule has 0 radical (unpaired) electrons. The molecule has 0 N–H and O–H groups in total. The van der Waals surface area contributed by atoms with Gasteiger partial charge in [0.1, 0.15) is 0 Å². The molecule has 0 unspecified atom stereocenters. The van der Waals surface area contributed by atoms with Crippen LogP contribution in [0, 0.1) is 0 Å². The van der Waals surface area contributed by atoms with E-state index in [1.54, 1.807) is 0 Å². The fourth-order valence-electron chi connectivity index (χ4n) is 3.56. The van der Waals surface area contributed by atoms with Crippen LogP contribution in [0.1, 0.15) is 16.7 Å². The summed E-state index contributed by atoms with van der Waals surface area (Å²) in [5, 5.41) is 0.